The molecular weight excluding hydrogens is 204 g/mol. The van der Waals surface area contributed by atoms with Crippen LogP contribution in [0.1, 0.15) is 24.8 Å². The summed E-state index contributed by atoms with van der Waals surface area (Å²) in [5, 5.41) is 18.3. The topological polar surface area (TPSA) is 57.5 Å². The van der Waals surface area contributed by atoms with Gasteiger partial charge < -0.3 is 10.2 Å². The Kier molecular flexibility index (Phi) is 3.36. The van der Waals surface area contributed by atoms with Crippen molar-refractivity contribution in [3.8, 4) is 5.75 Å². The van der Waals surface area contributed by atoms with E-state index < -0.39 is 11.9 Å². The first-order valence-electron chi connectivity index (χ1n) is 4.27. The van der Waals surface area contributed by atoms with E-state index in [0.717, 1.165) is 0 Å². The molecule has 76 valence electrons. The number of carboxylic acids is 1. The van der Waals surface area contributed by atoms with Crippen molar-refractivity contribution in [2.75, 3.05) is 0 Å². The lowest BCUT2D eigenvalue weighted by atomic mass is 9.96. The van der Waals surface area contributed by atoms with Crippen LogP contribution in [0.5, 0.6) is 5.75 Å². The Morgan fingerprint density at radius 3 is 2.64 bits per heavy atom. The second-order valence-corrected chi connectivity index (χ2v) is 3.41. The maximum atomic E-state index is 10.8. The molecule has 0 heterocycles. The van der Waals surface area contributed by atoms with E-state index in [1.54, 1.807) is 13.0 Å². The van der Waals surface area contributed by atoms with E-state index in [0.29, 0.717) is 17.0 Å². The molecule has 0 fully saturated rings. The Morgan fingerprint density at radius 1 is 1.57 bits per heavy atom. The smallest absolute Gasteiger partial charge is 0.311 e. The highest BCUT2D eigenvalue weighted by Crippen LogP contribution is 2.29. The molecule has 1 atom stereocenters. The quantitative estimate of drug-likeness (QED) is 0.813. The van der Waals surface area contributed by atoms with Crippen LogP contribution in [0.2, 0.25) is 5.02 Å². The normalized spacial score (nSPS) is 12.4. The van der Waals surface area contributed by atoms with Crippen molar-refractivity contribution in [1.82, 2.24) is 0 Å². The fraction of sp³-hybridized carbons (Fsp3) is 0.300. The molecular formula is C10H11ClO3. The molecule has 2 N–H and O–H groups in total. The zero-order chi connectivity index (χ0) is 10.7. The molecule has 0 saturated heterocycles. The second-order valence-electron chi connectivity index (χ2n) is 3.00. The summed E-state index contributed by atoms with van der Waals surface area (Å²) < 4.78 is 0. The third kappa shape index (κ3) is 2.17. The fourth-order valence-electron chi connectivity index (χ4n) is 1.33. The lowest BCUT2D eigenvalue weighted by molar-refractivity contribution is -0.138. The molecule has 0 saturated carbocycles. The van der Waals surface area contributed by atoms with Gasteiger partial charge in [0.25, 0.3) is 0 Å². The monoisotopic (exact) mass is 214 g/mol. The first-order valence-corrected chi connectivity index (χ1v) is 4.65. The van der Waals surface area contributed by atoms with Crippen LogP contribution in [0.4, 0.5) is 0 Å². The maximum absolute atomic E-state index is 10.8. The van der Waals surface area contributed by atoms with Gasteiger partial charge in [0.2, 0.25) is 0 Å². The number of hydrogen-bond donors (Lipinski definition) is 2. The Bertz CT molecular complexity index is 349. The minimum Gasteiger partial charge on any atom is -0.508 e. The third-order valence-corrected chi connectivity index (χ3v) is 2.39. The highest BCUT2D eigenvalue weighted by atomic mass is 35.5. The molecule has 3 nitrogen and oxygen atoms in total. The second kappa shape index (κ2) is 4.33. The standard InChI is InChI=1S/C10H11ClO3/c1-2-7(10(13)14)8-4-3-6(12)5-9(8)11/h3-5,7,12H,2H2,1H3,(H,13,14). The molecule has 1 aromatic rings. The van der Waals surface area contributed by atoms with Gasteiger partial charge in [-0.3, -0.25) is 4.79 Å². The van der Waals surface area contributed by atoms with Gasteiger partial charge in [0, 0.05) is 5.02 Å². The lowest BCUT2D eigenvalue weighted by Gasteiger charge is -2.11. The Balaban J connectivity index is 3.10. The van der Waals surface area contributed by atoms with Crippen LogP contribution >= 0.6 is 11.6 Å². The molecule has 1 rings (SSSR count). The fourth-order valence-corrected chi connectivity index (χ4v) is 1.63. The molecule has 0 aliphatic carbocycles. The number of benzene rings is 1. The predicted molar refractivity (Wildman–Crippen MR) is 53.8 cm³/mol. The van der Waals surface area contributed by atoms with Crippen molar-refractivity contribution in [2.45, 2.75) is 19.3 Å². The average Bonchev–Trinajstić information content (AvgIpc) is 2.09. The van der Waals surface area contributed by atoms with E-state index in [-0.39, 0.29) is 5.75 Å². The zero-order valence-corrected chi connectivity index (χ0v) is 8.45. The van der Waals surface area contributed by atoms with Crippen LogP contribution < -0.4 is 0 Å². The van der Waals surface area contributed by atoms with E-state index in [2.05, 4.69) is 0 Å². The molecule has 14 heavy (non-hydrogen) atoms. The number of phenols is 1. The van der Waals surface area contributed by atoms with E-state index in [9.17, 15) is 4.79 Å². The van der Waals surface area contributed by atoms with Crippen LogP contribution in [0.25, 0.3) is 0 Å². The van der Waals surface area contributed by atoms with Crippen molar-refractivity contribution in [3.05, 3.63) is 28.8 Å². The number of phenolic OH excluding ortho intramolecular Hbond substituents is 1. The molecule has 0 amide bonds. The summed E-state index contributed by atoms with van der Waals surface area (Å²) in [5.74, 6) is -1.47. The minimum absolute atomic E-state index is 0.0407. The van der Waals surface area contributed by atoms with Crippen molar-refractivity contribution >= 4 is 17.6 Å². The first-order chi connectivity index (χ1) is 6.56. The molecule has 0 aromatic heterocycles. The Morgan fingerprint density at radius 2 is 2.21 bits per heavy atom. The molecule has 0 aliphatic rings. The summed E-state index contributed by atoms with van der Waals surface area (Å²) in [7, 11) is 0. The number of aromatic hydroxyl groups is 1. The summed E-state index contributed by atoms with van der Waals surface area (Å²) in [6, 6.07) is 4.33. The predicted octanol–water partition coefficient (Wildman–Crippen LogP) is 2.62. The van der Waals surface area contributed by atoms with Gasteiger partial charge in [-0.15, -0.1) is 0 Å². The van der Waals surface area contributed by atoms with Crippen molar-refractivity contribution in [1.29, 1.82) is 0 Å². The van der Waals surface area contributed by atoms with Crippen LogP contribution in [-0.4, -0.2) is 16.2 Å². The lowest BCUT2D eigenvalue weighted by Crippen LogP contribution is -2.10. The molecule has 0 bridgehead atoms. The van der Waals surface area contributed by atoms with Crippen LogP contribution in [0.3, 0.4) is 0 Å². The number of aliphatic carboxylic acids is 1. The number of carbonyl (C=O) groups is 1. The zero-order valence-electron chi connectivity index (χ0n) is 7.70. The summed E-state index contributed by atoms with van der Waals surface area (Å²) in [4.78, 5) is 10.8. The minimum atomic E-state index is -0.903. The number of rotatable bonds is 3. The average molecular weight is 215 g/mol. The number of hydrogen-bond acceptors (Lipinski definition) is 2. The summed E-state index contributed by atoms with van der Waals surface area (Å²) in [5.41, 5.74) is 0.541. The molecule has 4 heteroatoms. The SMILES string of the molecule is CCC(C(=O)O)c1ccc(O)cc1Cl. The molecule has 1 aromatic carbocycles. The molecule has 1 unspecified atom stereocenters. The van der Waals surface area contributed by atoms with E-state index in [1.807, 2.05) is 0 Å². The van der Waals surface area contributed by atoms with Crippen LogP contribution in [0.15, 0.2) is 18.2 Å². The Hall–Kier alpha value is -1.22. The van der Waals surface area contributed by atoms with Gasteiger partial charge in [-0.1, -0.05) is 24.6 Å². The number of carboxylic acid groups (broad SMARTS) is 1. The van der Waals surface area contributed by atoms with Gasteiger partial charge >= 0.3 is 5.97 Å². The highest BCUT2D eigenvalue weighted by Gasteiger charge is 2.20. The van der Waals surface area contributed by atoms with Gasteiger partial charge in [-0.25, -0.2) is 0 Å². The molecule has 0 spiro atoms. The van der Waals surface area contributed by atoms with Crippen molar-refractivity contribution in [2.24, 2.45) is 0 Å². The van der Waals surface area contributed by atoms with Gasteiger partial charge in [-0.2, -0.15) is 0 Å². The summed E-state index contributed by atoms with van der Waals surface area (Å²) >= 11 is 5.82. The third-order valence-electron chi connectivity index (χ3n) is 2.07. The van der Waals surface area contributed by atoms with Crippen LogP contribution in [0, 0.1) is 0 Å². The van der Waals surface area contributed by atoms with E-state index in [1.165, 1.54) is 12.1 Å². The van der Waals surface area contributed by atoms with Crippen molar-refractivity contribution in [3.63, 3.8) is 0 Å². The molecule has 0 radical (unpaired) electrons. The van der Waals surface area contributed by atoms with Gasteiger partial charge in [0.05, 0.1) is 5.92 Å². The van der Waals surface area contributed by atoms with Crippen LogP contribution in [-0.2, 0) is 4.79 Å². The summed E-state index contributed by atoms with van der Waals surface area (Å²) in [6.45, 7) is 1.78. The Labute approximate surface area is 86.9 Å². The molecule has 0 aliphatic heterocycles. The van der Waals surface area contributed by atoms with Crippen molar-refractivity contribution < 1.29 is 15.0 Å². The van der Waals surface area contributed by atoms with E-state index >= 15 is 0 Å². The van der Waals surface area contributed by atoms with Gasteiger partial charge in [0.15, 0.2) is 0 Å². The summed E-state index contributed by atoms with van der Waals surface area (Å²) in [6.07, 6.45) is 0.472. The maximum Gasteiger partial charge on any atom is 0.311 e. The highest BCUT2D eigenvalue weighted by molar-refractivity contribution is 6.31. The van der Waals surface area contributed by atoms with Gasteiger partial charge in [-0.05, 0) is 24.1 Å². The first kappa shape index (κ1) is 10.9. The van der Waals surface area contributed by atoms with E-state index in [4.69, 9.17) is 21.8 Å². The largest absolute Gasteiger partial charge is 0.508 e. The number of halogens is 1. The van der Waals surface area contributed by atoms with Gasteiger partial charge in [0.1, 0.15) is 5.75 Å².